The summed E-state index contributed by atoms with van der Waals surface area (Å²) in [6.07, 6.45) is 1.96. The highest BCUT2D eigenvalue weighted by Gasteiger charge is 2.18. The minimum absolute atomic E-state index is 0.0831. The van der Waals surface area contributed by atoms with E-state index < -0.39 is 15.8 Å². The average Bonchev–Trinajstić information content (AvgIpc) is 2.26. The van der Waals surface area contributed by atoms with Crippen LogP contribution in [0.3, 0.4) is 0 Å². The number of thioether (sulfide) groups is 1. The minimum Gasteiger partial charge on any atom is -0.398 e. The van der Waals surface area contributed by atoms with Crippen LogP contribution in [-0.2, 0) is 10.0 Å². The van der Waals surface area contributed by atoms with Gasteiger partial charge < -0.3 is 5.73 Å². The summed E-state index contributed by atoms with van der Waals surface area (Å²) in [7, 11) is -3.67. The SMILES string of the molecule is CSCC(C)CNS(=O)(=O)c1ccc(F)cc1N. The van der Waals surface area contributed by atoms with Crippen molar-refractivity contribution in [1.29, 1.82) is 0 Å². The lowest BCUT2D eigenvalue weighted by Gasteiger charge is -2.12. The molecule has 0 heterocycles. The summed E-state index contributed by atoms with van der Waals surface area (Å²) < 4.78 is 39.2. The monoisotopic (exact) mass is 292 g/mol. The lowest BCUT2D eigenvalue weighted by atomic mass is 10.2. The van der Waals surface area contributed by atoms with E-state index in [4.69, 9.17) is 5.73 Å². The number of rotatable bonds is 6. The van der Waals surface area contributed by atoms with Crippen LogP contribution in [-0.4, -0.2) is 27.0 Å². The number of nitrogens with one attached hydrogen (secondary N) is 1. The van der Waals surface area contributed by atoms with Gasteiger partial charge >= 0.3 is 0 Å². The fourth-order valence-corrected chi connectivity index (χ4v) is 3.40. The molecule has 0 saturated carbocycles. The first kappa shape index (κ1) is 15.3. The Kier molecular flexibility index (Phi) is 5.43. The van der Waals surface area contributed by atoms with E-state index in [-0.39, 0.29) is 16.5 Å². The molecule has 0 aliphatic heterocycles. The lowest BCUT2D eigenvalue weighted by molar-refractivity contribution is 0.562. The van der Waals surface area contributed by atoms with E-state index in [1.54, 1.807) is 11.8 Å². The molecular formula is C11H17FN2O2S2. The van der Waals surface area contributed by atoms with Gasteiger partial charge in [-0.15, -0.1) is 0 Å². The van der Waals surface area contributed by atoms with Gasteiger partial charge in [-0.2, -0.15) is 11.8 Å². The fourth-order valence-electron chi connectivity index (χ4n) is 1.44. The molecule has 4 nitrogen and oxygen atoms in total. The molecule has 0 aromatic heterocycles. The second-order valence-electron chi connectivity index (χ2n) is 4.09. The molecule has 1 rings (SSSR count). The molecule has 0 saturated heterocycles. The highest BCUT2D eigenvalue weighted by molar-refractivity contribution is 7.98. The van der Waals surface area contributed by atoms with Gasteiger partial charge in [0.15, 0.2) is 0 Å². The van der Waals surface area contributed by atoms with Crippen LogP contribution in [0.1, 0.15) is 6.92 Å². The number of halogens is 1. The Morgan fingerprint density at radius 2 is 2.17 bits per heavy atom. The summed E-state index contributed by atoms with van der Waals surface area (Å²) in [5.41, 5.74) is 5.43. The molecule has 0 amide bonds. The zero-order valence-corrected chi connectivity index (χ0v) is 11.9. The predicted octanol–water partition coefficient (Wildman–Crippen LogP) is 1.69. The molecule has 102 valence electrons. The van der Waals surface area contributed by atoms with Crippen LogP contribution in [0.5, 0.6) is 0 Å². The fraction of sp³-hybridized carbons (Fsp3) is 0.455. The summed E-state index contributed by atoms with van der Waals surface area (Å²) >= 11 is 1.65. The first-order chi connectivity index (χ1) is 8.36. The minimum atomic E-state index is -3.67. The van der Waals surface area contributed by atoms with Crippen LogP contribution in [0.25, 0.3) is 0 Å². The van der Waals surface area contributed by atoms with Gasteiger partial charge in [-0.1, -0.05) is 6.92 Å². The molecule has 3 N–H and O–H groups in total. The zero-order chi connectivity index (χ0) is 13.8. The van der Waals surface area contributed by atoms with E-state index in [2.05, 4.69) is 4.72 Å². The molecule has 1 unspecified atom stereocenters. The maximum Gasteiger partial charge on any atom is 0.242 e. The quantitative estimate of drug-likeness (QED) is 0.783. The van der Waals surface area contributed by atoms with Crippen LogP contribution >= 0.6 is 11.8 Å². The first-order valence-corrected chi connectivity index (χ1v) is 8.28. The van der Waals surface area contributed by atoms with E-state index in [1.807, 2.05) is 13.2 Å². The highest BCUT2D eigenvalue weighted by atomic mass is 32.2. The Morgan fingerprint density at radius 1 is 1.50 bits per heavy atom. The third-order valence-corrected chi connectivity index (χ3v) is 4.73. The number of benzene rings is 1. The van der Waals surface area contributed by atoms with Crippen molar-refractivity contribution in [2.75, 3.05) is 24.3 Å². The van der Waals surface area contributed by atoms with Crippen molar-refractivity contribution < 1.29 is 12.8 Å². The van der Waals surface area contributed by atoms with Crippen molar-refractivity contribution in [2.45, 2.75) is 11.8 Å². The Labute approximate surface area is 111 Å². The van der Waals surface area contributed by atoms with Crippen LogP contribution in [0.2, 0.25) is 0 Å². The maximum atomic E-state index is 12.9. The van der Waals surface area contributed by atoms with E-state index in [1.165, 1.54) is 6.07 Å². The van der Waals surface area contributed by atoms with Crippen LogP contribution in [0, 0.1) is 11.7 Å². The van der Waals surface area contributed by atoms with Crippen molar-refractivity contribution in [3.63, 3.8) is 0 Å². The Morgan fingerprint density at radius 3 is 2.72 bits per heavy atom. The first-order valence-electron chi connectivity index (χ1n) is 5.40. The van der Waals surface area contributed by atoms with Gasteiger partial charge in [0, 0.05) is 6.54 Å². The smallest absolute Gasteiger partial charge is 0.242 e. The van der Waals surface area contributed by atoms with Gasteiger partial charge in [-0.25, -0.2) is 17.5 Å². The molecule has 0 fully saturated rings. The maximum absolute atomic E-state index is 12.9. The molecule has 0 radical (unpaired) electrons. The lowest BCUT2D eigenvalue weighted by Crippen LogP contribution is -2.29. The Hall–Kier alpha value is -0.790. The number of hydrogen-bond donors (Lipinski definition) is 2. The average molecular weight is 292 g/mol. The number of sulfonamides is 1. The Balaban J connectivity index is 2.80. The van der Waals surface area contributed by atoms with Gasteiger partial charge in [0.2, 0.25) is 10.0 Å². The normalized spacial score (nSPS) is 13.5. The summed E-state index contributed by atoms with van der Waals surface area (Å²) in [5.74, 6) is 0.528. The number of hydrogen-bond acceptors (Lipinski definition) is 4. The van der Waals surface area contributed by atoms with Gasteiger partial charge in [0.05, 0.1) is 5.69 Å². The summed E-state index contributed by atoms with van der Waals surface area (Å²) in [6.45, 7) is 2.28. The molecule has 1 aromatic rings. The number of anilines is 1. The van der Waals surface area contributed by atoms with Gasteiger partial charge in [-0.3, -0.25) is 0 Å². The third kappa shape index (κ3) is 4.15. The third-order valence-electron chi connectivity index (χ3n) is 2.33. The van der Waals surface area contributed by atoms with E-state index in [9.17, 15) is 12.8 Å². The topological polar surface area (TPSA) is 72.2 Å². The molecule has 0 bridgehead atoms. The molecule has 0 spiro atoms. The molecule has 18 heavy (non-hydrogen) atoms. The van der Waals surface area contributed by atoms with Crippen LogP contribution < -0.4 is 10.5 Å². The second-order valence-corrected chi connectivity index (χ2v) is 6.74. The summed E-state index contributed by atoms with van der Waals surface area (Å²) in [6, 6.07) is 3.25. The second kappa shape index (κ2) is 6.40. The van der Waals surface area contributed by atoms with Crippen molar-refractivity contribution in [3.8, 4) is 0 Å². The zero-order valence-electron chi connectivity index (χ0n) is 10.3. The summed E-state index contributed by atoms with van der Waals surface area (Å²) in [4.78, 5) is -0.0831. The predicted molar refractivity (Wildman–Crippen MR) is 73.5 cm³/mol. The van der Waals surface area contributed by atoms with E-state index in [0.29, 0.717) is 6.54 Å². The van der Waals surface area contributed by atoms with Crippen LogP contribution in [0.4, 0.5) is 10.1 Å². The molecule has 1 atom stereocenters. The molecule has 0 aliphatic rings. The largest absolute Gasteiger partial charge is 0.398 e. The van der Waals surface area contributed by atoms with Gasteiger partial charge in [0.1, 0.15) is 10.7 Å². The van der Waals surface area contributed by atoms with Crippen molar-refractivity contribution >= 4 is 27.5 Å². The molecular weight excluding hydrogens is 275 g/mol. The van der Waals surface area contributed by atoms with E-state index >= 15 is 0 Å². The van der Waals surface area contributed by atoms with Crippen molar-refractivity contribution in [2.24, 2.45) is 5.92 Å². The highest BCUT2D eigenvalue weighted by Crippen LogP contribution is 2.19. The van der Waals surface area contributed by atoms with Gasteiger partial charge in [0.25, 0.3) is 0 Å². The summed E-state index contributed by atoms with van der Waals surface area (Å²) in [5, 5.41) is 0. The molecule has 0 aliphatic carbocycles. The van der Waals surface area contributed by atoms with Crippen molar-refractivity contribution in [3.05, 3.63) is 24.0 Å². The molecule has 1 aromatic carbocycles. The number of nitrogens with two attached hydrogens (primary N) is 1. The van der Waals surface area contributed by atoms with Crippen molar-refractivity contribution in [1.82, 2.24) is 4.72 Å². The Bertz CT molecular complexity index is 506. The van der Waals surface area contributed by atoms with Gasteiger partial charge in [-0.05, 0) is 36.1 Å². The molecule has 7 heteroatoms. The van der Waals surface area contributed by atoms with E-state index in [0.717, 1.165) is 17.9 Å². The standard InChI is InChI=1S/C11H17FN2O2S2/c1-8(7-17-2)6-14-18(15,16)11-4-3-9(12)5-10(11)13/h3-5,8,14H,6-7,13H2,1-2H3. The van der Waals surface area contributed by atoms with Crippen LogP contribution in [0.15, 0.2) is 23.1 Å². The number of nitrogen functional groups attached to an aromatic ring is 1.